The zero-order valence-corrected chi connectivity index (χ0v) is 12.4. The summed E-state index contributed by atoms with van der Waals surface area (Å²) in [5.41, 5.74) is 1.04. The zero-order chi connectivity index (χ0) is 14.4. The second-order valence-electron chi connectivity index (χ2n) is 4.79. The van der Waals surface area contributed by atoms with Gasteiger partial charge in [0.15, 0.2) is 5.96 Å². The van der Waals surface area contributed by atoms with Gasteiger partial charge in [-0.25, -0.2) is 4.99 Å². The van der Waals surface area contributed by atoms with E-state index in [0.29, 0.717) is 12.6 Å². The van der Waals surface area contributed by atoms with Gasteiger partial charge in [0, 0.05) is 24.2 Å². The Morgan fingerprint density at radius 1 is 1.30 bits per heavy atom. The lowest BCUT2D eigenvalue weighted by Gasteiger charge is -2.12. The van der Waals surface area contributed by atoms with E-state index in [9.17, 15) is 0 Å². The molecule has 20 heavy (non-hydrogen) atoms. The molecule has 0 aromatic heterocycles. The van der Waals surface area contributed by atoms with Crippen LogP contribution in [0.5, 0.6) is 11.5 Å². The molecule has 5 heteroatoms. The molecule has 1 saturated carbocycles. The van der Waals surface area contributed by atoms with Crippen LogP contribution in [0.25, 0.3) is 0 Å². The van der Waals surface area contributed by atoms with Crippen molar-refractivity contribution in [3.8, 4) is 11.5 Å². The summed E-state index contributed by atoms with van der Waals surface area (Å²) in [5, 5.41) is 6.65. The van der Waals surface area contributed by atoms with Gasteiger partial charge in [-0.1, -0.05) is 0 Å². The predicted molar refractivity (Wildman–Crippen MR) is 80.5 cm³/mol. The van der Waals surface area contributed by atoms with Crippen molar-refractivity contribution in [2.45, 2.75) is 32.4 Å². The van der Waals surface area contributed by atoms with E-state index in [1.54, 1.807) is 14.2 Å². The number of hydrogen-bond donors (Lipinski definition) is 2. The minimum Gasteiger partial charge on any atom is -0.497 e. The summed E-state index contributed by atoms with van der Waals surface area (Å²) in [7, 11) is 3.31. The summed E-state index contributed by atoms with van der Waals surface area (Å²) in [6, 6.07) is 6.38. The molecule has 1 aliphatic rings. The van der Waals surface area contributed by atoms with E-state index in [4.69, 9.17) is 9.47 Å². The highest BCUT2D eigenvalue weighted by Crippen LogP contribution is 2.25. The maximum Gasteiger partial charge on any atom is 0.191 e. The Kier molecular flexibility index (Phi) is 5.09. The number of ether oxygens (including phenoxy) is 2. The van der Waals surface area contributed by atoms with Crippen LogP contribution in [0.3, 0.4) is 0 Å². The van der Waals surface area contributed by atoms with Crippen LogP contribution in [0.1, 0.15) is 25.3 Å². The van der Waals surface area contributed by atoms with Crippen molar-refractivity contribution in [2.75, 3.05) is 20.8 Å². The molecule has 1 aromatic rings. The monoisotopic (exact) mass is 277 g/mol. The predicted octanol–water partition coefficient (Wildman–Crippen LogP) is 1.92. The summed E-state index contributed by atoms with van der Waals surface area (Å²) < 4.78 is 10.6. The summed E-state index contributed by atoms with van der Waals surface area (Å²) in [6.07, 6.45) is 2.46. The molecule has 0 radical (unpaired) electrons. The molecule has 0 bridgehead atoms. The highest BCUT2D eigenvalue weighted by atomic mass is 16.5. The molecular formula is C15H23N3O2. The number of hydrogen-bond acceptors (Lipinski definition) is 3. The Morgan fingerprint density at radius 2 is 2.10 bits per heavy atom. The molecule has 0 saturated heterocycles. The van der Waals surface area contributed by atoms with Gasteiger partial charge in [-0.05, 0) is 31.9 Å². The Balaban J connectivity index is 2.06. The van der Waals surface area contributed by atoms with Crippen molar-refractivity contribution in [3.63, 3.8) is 0 Å². The largest absolute Gasteiger partial charge is 0.497 e. The third-order valence-corrected chi connectivity index (χ3v) is 3.16. The number of benzene rings is 1. The lowest BCUT2D eigenvalue weighted by molar-refractivity contribution is 0.391. The fourth-order valence-electron chi connectivity index (χ4n) is 1.89. The minimum absolute atomic E-state index is 0.579. The van der Waals surface area contributed by atoms with E-state index in [-0.39, 0.29) is 0 Å². The lowest BCUT2D eigenvalue weighted by atomic mass is 10.2. The molecule has 0 spiro atoms. The molecule has 1 fully saturated rings. The maximum atomic E-state index is 5.38. The maximum absolute atomic E-state index is 5.38. The quantitative estimate of drug-likeness (QED) is 0.616. The van der Waals surface area contributed by atoms with Gasteiger partial charge in [0.25, 0.3) is 0 Å². The second-order valence-corrected chi connectivity index (χ2v) is 4.79. The number of aliphatic imine (C=N–C) groups is 1. The third-order valence-electron chi connectivity index (χ3n) is 3.16. The van der Waals surface area contributed by atoms with Gasteiger partial charge in [0.2, 0.25) is 0 Å². The highest BCUT2D eigenvalue weighted by molar-refractivity contribution is 5.80. The summed E-state index contributed by atoms with van der Waals surface area (Å²) >= 11 is 0. The fourth-order valence-corrected chi connectivity index (χ4v) is 1.89. The first-order valence-electron chi connectivity index (χ1n) is 7.02. The Morgan fingerprint density at radius 3 is 2.70 bits per heavy atom. The van der Waals surface area contributed by atoms with Crippen LogP contribution in [-0.2, 0) is 6.54 Å². The first-order chi connectivity index (χ1) is 9.76. The SMILES string of the molecule is CCNC(=NCc1ccc(OC)cc1OC)NC1CC1. The molecule has 2 rings (SSSR count). The van der Waals surface area contributed by atoms with E-state index >= 15 is 0 Å². The van der Waals surface area contributed by atoms with Crippen LogP contribution in [0.4, 0.5) is 0 Å². The van der Waals surface area contributed by atoms with Gasteiger partial charge in [0.05, 0.1) is 20.8 Å². The van der Waals surface area contributed by atoms with Crippen molar-refractivity contribution in [3.05, 3.63) is 23.8 Å². The van der Waals surface area contributed by atoms with Crippen LogP contribution < -0.4 is 20.1 Å². The molecule has 0 unspecified atom stereocenters. The van der Waals surface area contributed by atoms with E-state index in [1.807, 2.05) is 18.2 Å². The summed E-state index contributed by atoms with van der Waals surface area (Å²) in [4.78, 5) is 4.60. The molecule has 1 aromatic carbocycles. The average Bonchev–Trinajstić information content (AvgIpc) is 3.28. The fraction of sp³-hybridized carbons (Fsp3) is 0.533. The number of rotatable bonds is 6. The van der Waals surface area contributed by atoms with Gasteiger partial charge in [0.1, 0.15) is 11.5 Å². The number of methoxy groups -OCH3 is 2. The average molecular weight is 277 g/mol. The Hall–Kier alpha value is -1.91. The van der Waals surface area contributed by atoms with Gasteiger partial charge in [-0.2, -0.15) is 0 Å². The molecule has 2 N–H and O–H groups in total. The molecule has 0 aliphatic heterocycles. The van der Waals surface area contributed by atoms with Gasteiger partial charge in [-0.3, -0.25) is 0 Å². The lowest BCUT2D eigenvalue weighted by Crippen LogP contribution is -2.38. The van der Waals surface area contributed by atoms with Gasteiger partial charge in [-0.15, -0.1) is 0 Å². The van der Waals surface area contributed by atoms with Crippen LogP contribution in [0.15, 0.2) is 23.2 Å². The van der Waals surface area contributed by atoms with Gasteiger partial charge >= 0.3 is 0 Å². The highest BCUT2D eigenvalue weighted by Gasteiger charge is 2.22. The van der Waals surface area contributed by atoms with Crippen LogP contribution >= 0.6 is 0 Å². The second kappa shape index (κ2) is 7.03. The molecule has 110 valence electrons. The van der Waals surface area contributed by atoms with Crippen molar-refractivity contribution in [1.82, 2.24) is 10.6 Å². The summed E-state index contributed by atoms with van der Waals surface area (Å²) in [6.45, 7) is 3.51. The number of nitrogens with zero attached hydrogens (tertiary/aromatic N) is 1. The topological polar surface area (TPSA) is 54.9 Å². The van der Waals surface area contributed by atoms with Crippen molar-refractivity contribution in [1.29, 1.82) is 0 Å². The Bertz CT molecular complexity index is 470. The van der Waals surface area contributed by atoms with E-state index in [0.717, 1.165) is 29.6 Å². The zero-order valence-electron chi connectivity index (χ0n) is 12.4. The number of guanidine groups is 1. The normalized spacial score (nSPS) is 14.8. The molecular weight excluding hydrogens is 254 g/mol. The van der Waals surface area contributed by atoms with Crippen LogP contribution in [-0.4, -0.2) is 32.8 Å². The van der Waals surface area contributed by atoms with E-state index < -0.39 is 0 Å². The van der Waals surface area contributed by atoms with E-state index in [2.05, 4.69) is 22.5 Å². The molecule has 0 amide bonds. The molecule has 0 heterocycles. The van der Waals surface area contributed by atoms with Crippen molar-refractivity contribution >= 4 is 5.96 Å². The molecule has 1 aliphatic carbocycles. The first kappa shape index (κ1) is 14.5. The first-order valence-corrected chi connectivity index (χ1v) is 7.02. The smallest absolute Gasteiger partial charge is 0.191 e. The van der Waals surface area contributed by atoms with Crippen LogP contribution in [0, 0.1) is 0 Å². The van der Waals surface area contributed by atoms with Crippen molar-refractivity contribution in [2.24, 2.45) is 4.99 Å². The molecule has 5 nitrogen and oxygen atoms in total. The Labute approximate surface area is 120 Å². The van der Waals surface area contributed by atoms with Gasteiger partial charge < -0.3 is 20.1 Å². The minimum atomic E-state index is 0.579. The van der Waals surface area contributed by atoms with Crippen LogP contribution in [0.2, 0.25) is 0 Å². The molecule has 0 atom stereocenters. The van der Waals surface area contributed by atoms with E-state index in [1.165, 1.54) is 12.8 Å². The standard InChI is InChI=1S/C15H23N3O2/c1-4-16-15(18-12-6-7-12)17-10-11-5-8-13(19-2)9-14(11)20-3/h5,8-9,12H,4,6-7,10H2,1-3H3,(H2,16,17,18). The van der Waals surface area contributed by atoms with Crippen molar-refractivity contribution < 1.29 is 9.47 Å². The summed E-state index contributed by atoms with van der Waals surface area (Å²) in [5.74, 6) is 2.46. The number of nitrogens with one attached hydrogen (secondary N) is 2. The third kappa shape index (κ3) is 4.05.